The summed E-state index contributed by atoms with van der Waals surface area (Å²) in [5.41, 5.74) is 0.870. The number of hydrogen-bond acceptors (Lipinski definition) is 7. The summed E-state index contributed by atoms with van der Waals surface area (Å²) in [4.78, 5) is 42.1. The van der Waals surface area contributed by atoms with E-state index in [1.807, 2.05) is 0 Å². The maximum Gasteiger partial charge on any atom is 0.376 e. The van der Waals surface area contributed by atoms with Gasteiger partial charge in [-0.3, -0.25) is 9.59 Å². The van der Waals surface area contributed by atoms with E-state index in [2.05, 4.69) is 10.3 Å². The lowest BCUT2D eigenvalue weighted by atomic mass is 10.1. The molecule has 0 unspecified atom stereocenters. The second-order valence-electron chi connectivity index (χ2n) is 4.81. The highest BCUT2D eigenvalue weighted by molar-refractivity contribution is 7.12. The summed E-state index contributed by atoms with van der Waals surface area (Å²) in [6.45, 7) is 0. The molecule has 1 aliphatic heterocycles. The van der Waals surface area contributed by atoms with E-state index in [9.17, 15) is 14.4 Å². The summed E-state index contributed by atoms with van der Waals surface area (Å²) in [7, 11) is 0. The first-order valence-electron chi connectivity index (χ1n) is 6.81. The average Bonchev–Trinajstić information content (AvgIpc) is 3.31. The second-order valence-corrected chi connectivity index (χ2v) is 5.73. The molecule has 0 N–H and O–H groups in total. The molecule has 2 aromatic heterocycles. The van der Waals surface area contributed by atoms with Gasteiger partial charge in [-0.2, -0.15) is 0 Å². The van der Waals surface area contributed by atoms with Crippen LogP contribution < -0.4 is 0 Å². The Hall–Kier alpha value is -3.33. The highest BCUT2D eigenvalue weighted by Crippen LogP contribution is 2.26. The number of thiophene rings is 1. The first-order valence-corrected chi connectivity index (χ1v) is 7.69. The molecule has 24 heavy (non-hydrogen) atoms. The van der Waals surface area contributed by atoms with Crippen molar-refractivity contribution >= 4 is 29.1 Å². The molecule has 0 aliphatic carbocycles. The van der Waals surface area contributed by atoms with Gasteiger partial charge < -0.3 is 4.84 Å². The van der Waals surface area contributed by atoms with Crippen LogP contribution in [0.4, 0.5) is 0 Å². The summed E-state index contributed by atoms with van der Waals surface area (Å²) in [6, 6.07) is 7.96. The Morgan fingerprint density at radius 1 is 1.08 bits per heavy atom. The van der Waals surface area contributed by atoms with Crippen molar-refractivity contribution in [2.24, 2.45) is 0 Å². The molecule has 8 nitrogen and oxygen atoms in total. The largest absolute Gasteiger partial charge is 0.376 e. The summed E-state index contributed by atoms with van der Waals surface area (Å²) in [5.74, 6) is -2.14. The number of amides is 2. The Bertz CT molecular complexity index is 929. The fraction of sp³-hybridized carbons (Fsp3) is 0. The number of nitrogens with zero attached hydrogens (tertiary/aromatic N) is 4. The van der Waals surface area contributed by atoms with Gasteiger partial charge in [0.2, 0.25) is 0 Å². The van der Waals surface area contributed by atoms with Crippen LogP contribution in [-0.2, 0) is 4.84 Å². The van der Waals surface area contributed by atoms with Crippen molar-refractivity contribution in [3.8, 4) is 5.69 Å². The fourth-order valence-corrected chi connectivity index (χ4v) is 3.10. The van der Waals surface area contributed by atoms with E-state index in [-0.39, 0.29) is 16.0 Å². The fourth-order valence-electron chi connectivity index (χ4n) is 2.35. The Balaban J connectivity index is 1.62. The van der Waals surface area contributed by atoms with Crippen LogP contribution >= 0.6 is 11.3 Å². The highest BCUT2D eigenvalue weighted by Gasteiger charge is 2.39. The summed E-state index contributed by atoms with van der Waals surface area (Å²) >= 11 is 1.11. The van der Waals surface area contributed by atoms with Crippen LogP contribution in [0.3, 0.4) is 0 Å². The molecule has 4 rings (SSSR count). The molecular weight excluding hydrogens is 332 g/mol. The summed E-state index contributed by atoms with van der Waals surface area (Å²) in [5, 5.41) is 9.65. The number of fused-ring (bicyclic) bond motifs is 1. The molecule has 1 aromatic carbocycles. The van der Waals surface area contributed by atoms with Crippen LogP contribution in [0.15, 0.2) is 48.1 Å². The lowest BCUT2D eigenvalue weighted by Gasteiger charge is -2.12. The summed E-state index contributed by atoms with van der Waals surface area (Å²) in [6.07, 6.45) is 3.04. The lowest BCUT2D eigenvalue weighted by molar-refractivity contribution is -0.0581. The Morgan fingerprint density at radius 3 is 2.42 bits per heavy atom. The first-order chi connectivity index (χ1) is 11.7. The zero-order chi connectivity index (χ0) is 16.7. The molecule has 9 heteroatoms. The Morgan fingerprint density at radius 2 is 1.79 bits per heavy atom. The zero-order valence-electron chi connectivity index (χ0n) is 11.9. The molecular formula is C15H8N4O4S. The van der Waals surface area contributed by atoms with Crippen LogP contribution in [0.5, 0.6) is 0 Å². The van der Waals surface area contributed by atoms with Gasteiger partial charge >= 0.3 is 5.97 Å². The normalized spacial score (nSPS) is 13.2. The predicted octanol–water partition coefficient (Wildman–Crippen LogP) is 1.70. The smallest absolute Gasteiger partial charge is 0.323 e. The lowest BCUT2D eigenvalue weighted by Crippen LogP contribution is -2.32. The number of benzene rings is 1. The van der Waals surface area contributed by atoms with Crippen molar-refractivity contribution in [3.05, 3.63) is 64.1 Å². The topological polar surface area (TPSA) is 94.4 Å². The van der Waals surface area contributed by atoms with E-state index < -0.39 is 17.8 Å². The van der Waals surface area contributed by atoms with Gasteiger partial charge in [-0.15, -0.1) is 16.4 Å². The van der Waals surface area contributed by atoms with Crippen molar-refractivity contribution in [1.82, 2.24) is 20.1 Å². The van der Waals surface area contributed by atoms with Crippen molar-refractivity contribution < 1.29 is 19.2 Å². The quantitative estimate of drug-likeness (QED) is 0.674. The van der Waals surface area contributed by atoms with Gasteiger partial charge in [0.15, 0.2) is 0 Å². The third kappa shape index (κ3) is 2.10. The monoisotopic (exact) mass is 340 g/mol. The van der Waals surface area contributed by atoms with Crippen molar-refractivity contribution in [2.45, 2.75) is 0 Å². The second kappa shape index (κ2) is 5.39. The van der Waals surface area contributed by atoms with E-state index in [4.69, 9.17) is 4.84 Å². The number of imide groups is 1. The maximum atomic E-state index is 12.4. The van der Waals surface area contributed by atoms with Gasteiger partial charge in [0.1, 0.15) is 4.88 Å². The SMILES string of the molecule is O=C(ON1C(=O)c2ccccc2C1=O)c1sccc1-n1ccnn1. The third-order valence-electron chi connectivity index (χ3n) is 3.43. The minimum absolute atomic E-state index is 0.206. The number of carbonyl (C=O) groups is 3. The number of rotatable bonds is 3. The molecule has 0 bridgehead atoms. The number of carbonyl (C=O) groups excluding carboxylic acids is 3. The van der Waals surface area contributed by atoms with Gasteiger partial charge in [0.05, 0.1) is 29.2 Å². The molecule has 0 fully saturated rings. The molecule has 0 spiro atoms. The average molecular weight is 340 g/mol. The molecule has 3 aromatic rings. The third-order valence-corrected chi connectivity index (χ3v) is 4.31. The van der Waals surface area contributed by atoms with E-state index in [0.717, 1.165) is 11.3 Å². The van der Waals surface area contributed by atoms with Gasteiger partial charge in [-0.25, -0.2) is 9.48 Å². The van der Waals surface area contributed by atoms with Crippen molar-refractivity contribution in [1.29, 1.82) is 0 Å². The van der Waals surface area contributed by atoms with E-state index in [1.165, 1.54) is 23.0 Å². The minimum atomic E-state index is -0.815. The molecule has 1 aliphatic rings. The van der Waals surface area contributed by atoms with Gasteiger partial charge in [0, 0.05) is 0 Å². The molecule has 118 valence electrons. The standard InChI is InChI=1S/C15H8N4O4S/c20-13-9-3-1-2-4-10(9)14(21)19(13)23-15(22)12-11(5-8-24-12)18-7-6-16-17-18/h1-8H. The van der Waals surface area contributed by atoms with Gasteiger partial charge in [0.25, 0.3) is 11.8 Å². The van der Waals surface area contributed by atoms with E-state index in [0.29, 0.717) is 10.8 Å². The maximum absolute atomic E-state index is 12.4. The Labute approximate surface area is 138 Å². The van der Waals surface area contributed by atoms with Crippen LogP contribution in [0.1, 0.15) is 30.4 Å². The molecule has 0 saturated carbocycles. The van der Waals surface area contributed by atoms with Crippen molar-refractivity contribution in [3.63, 3.8) is 0 Å². The highest BCUT2D eigenvalue weighted by atomic mass is 32.1. The minimum Gasteiger partial charge on any atom is -0.323 e. The molecule has 0 radical (unpaired) electrons. The van der Waals surface area contributed by atoms with Crippen LogP contribution in [-0.4, -0.2) is 37.8 Å². The number of hydrogen-bond donors (Lipinski definition) is 0. The zero-order valence-corrected chi connectivity index (χ0v) is 12.8. The molecule has 0 atom stereocenters. The van der Waals surface area contributed by atoms with Gasteiger partial charge in [-0.1, -0.05) is 22.4 Å². The van der Waals surface area contributed by atoms with Crippen LogP contribution in [0.2, 0.25) is 0 Å². The first kappa shape index (κ1) is 14.3. The molecule has 2 amide bonds. The molecule has 0 saturated heterocycles. The molecule has 3 heterocycles. The van der Waals surface area contributed by atoms with E-state index in [1.54, 1.807) is 29.8 Å². The number of hydroxylamine groups is 2. The predicted molar refractivity (Wildman–Crippen MR) is 81.6 cm³/mol. The van der Waals surface area contributed by atoms with Crippen LogP contribution in [0, 0.1) is 0 Å². The van der Waals surface area contributed by atoms with Gasteiger partial charge in [-0.05, 0) is 23.6 Å². The number of aromatic nitrogens is 3. The van der Waals surface area contributed by atoms with Crippen LogP contribution in [0.25, 0.3) is 5.69 Å². The Kier molecular flexibility index (Phi) is 3.21. The van der Waals surface area contributed by atoms with E-state index >= 15 is 0 Å². The van der Waals surface area contributed by atoms with Crippen molar-refractivity contribution in [2.75, 3.05) is 0 Å². The summed E-state index contributed by atoms with van der Waals surface area (Å²) < 4.78 is 1.40.